The molecule has 2 nitrogen and oxygen atoms in total. The minimum Gasteiger partial charge on any atom is -0.383 e. The molecule has 0 fully saturated rings. The molecule has 0 aliphatic heterocycles. The van der Waals surface area contributed by atoms with Crippen molar-refractivity contribution in [2.75, 3.05) is 6.54 Å². The first kappa shape index (κ1) is 12.5. The maximum atomic E-state index is 12.9. The maximum Gasteiger partial charge on any atom is 0.417 e. The first-order chi connectivity index (χ1) is 7.36. The maximum absolute atomic E-state index is 12.9. The molecule has 0 aromatic heterocycles. The van der Waals surface area contributed by atoms with E-state index < -0.39 is 23.1 Å². The van der Waals surface area contributed by atoms with Crippen LogP contribution in [0.25, 0.3) is 0 Å². The van der Waals surface area contributed by atoms with Gasteiger partial charge < -0.3 is 5.73 Å². The molecule has 1 rings (SSSR count). The standard InChI is InChI=1S/C10H10F4N2/c1-2-16-9(15)7-5-6(11)3-4-8(7)10(12,13)14/h3-5H,2H2,1H3,(H2,15,16). The summed E-state index contributed by atoms with van der Waals surface area (Å²) in [6.45, 7) is 1.86. The fraction of sp³-hybridized carbons (Fsp3) is 0.300. The van der Waals surface area contributed by atoms with Gasteiger partial charge in [-0.05, 0) is 25.1 Å². The number of rotatable bonds is 2. The molecule has 2 N–H and O–H groups in total. The molecule has 0 bridgehead atoms. The van der Waals surface area contributed by atoms with E-state index in [1.807, 2.05) is 0 Å². The number of hydrogen-bond acceptors (Lipinski definition) is 1. The highest BCUT2D eigenvalue weighted by Gasteiger charge is 2.34. The van der Waals surface area contributed by atoms with Crippen LogP contribution < -0.4 is 5.73 Å². The lowest BCUT2D eigenvalue weighted by Gasteiger charge is -2.12. The zero-order valence-electron chi connectivity index (χ0n) is 8.48. The van der Waals surface area contributed by atoms with E-state index >= 15 is 0 Å². The molecule has 0 aliphatic rings. The van der Waals surface area contributed by atoms with Crippen molar-refractivity contribution < 1.29 is 17.6 Å². The molecule has 1 aromatic carbocycles. The van der Waals surface area contributed by atoms with Crippen molar-refractivity contribution >= 4 is 5.84 Å². The molecule has 0 amide bonds. The Morgan fingerprint density at radius 1 is 1.38 bits per heavy atom. The molecule has 6 heteroatoms. The first-order valence-corrected chi connectivity index (χ1v) is 4.53. The lowest BCUT2D eigenvalue weighted by molar-refractivity contribution is -0.137. The minimum absolute atomic E-state index is 0.236. The van der Waals surface area contributed by atoms with Gasteiger partial charge in [-0.2, -0.15) is 13.2 Å². The van der Waals surface area contributed by atoms with E-state index in [-0.39, 0.29) is 12.4 Å². The van der Waals surface area contributed by atoms with Crippen LogP contribution in [0.3, 0.4) is 0 Å². The number of benzene rings is 1. The highest BCUT2D eigenvalue weighted by molar-refractivity contribution is 5.99. The van der Waals surface area contributed by atoms with Crippen molar-refractivity contribution in [2.24, 2.45) is 10.7 Å². The second-order valence-corrected chi connectivity index (χ2v) is 3.05. The van der Waals surface area contributed by atoms with Crippen molar-refractivity contribution in [3.8, 4) is 0 Å². The number of alkyl halides is 3. The van der Waals surface area contributed by atoms with Gasteiger partial charge in [0.25, 0.3) is 0 Å². The number of amidine groups is 1. The smallest absolute Gasteiger partial charge is 0.383 e. The molecule has 0 spiro atoms. The van der Waals surface area contributed by atoms with Crippen molar-refractivity contribution in [3.63, 3.8) is 0 Å². The van der Waals surface area contributed by atoms with Gasteiger partial charge in [-0.1, -0.05) is 0 Å². The van der Waals surface area contributed by atoms with Crippen LogP contribution in [0.5, 0.6) is 0 Å². The third kappa shape index (κ3) is 2.71. The number of hydrogen-bond donors (Lipinski definition) is 1. The summed E-state index contributed by atoms with van der Waals surface area (Å²) in [6, 6.07) is 2.13. The van der Waals surface area contributed by atoms with E-state index in [2.05, 4.69) is 4.99 Å². The van der Waals surface area contributed by atoms with Gasteiger partial charge in [0.05, 0.1) is 5.56 Å². The molecule has 0 unspecified atom stereocenters. The molecular weight excluding hydrogens is 224 g/mol. The van der Waals surface area contributed by atoms with E-state index in [0.29, 0.717) is 6.07 Å². The van der Waals surface area contributed by atoms with Crippen LogP contribution >= 0.6 is 0 Å². The van der Waals surface area contributed by atoms with Gasteiger partial charge >= 0.3 is 6.18 Å². The molecule has 1 aromatic rings. The Morgan fingerprint density at radius 3 is 2.50 bits per heavy atom. The Kier molecular flexibility index (Phi) is 3.51. The molecule has 0 radical (unpaired) electrons. The van der Waals surface area contributed by atoms with Gasteiger partial charge in [-0.25, -0.2) is 4.39 Å². The summed E-state index contributed by atoms with van der Waals surface area (Å²) >= 11 is 0. The largest absolute Gasteiger partial charge is 0.417 e. The van der Waals surface area contributed by atoms with E-state index in [0.717, 1.165) is 12.1 Å². The van der Waals surface area contributed by atoms with Gasteiger partial charge in [0.1, 0.15) is 11.7 Å². The van der Waals surface area contributed by atoms with Crippen LogP contribution in [0.4, 0.5) is 17.6 Å². The van der Waals surface area contributed by atoms with Crippen molar-refractivity contribution in [3.05, 3.63) is 35.1 Å². The topological polar surface area (TPSA) is 38.4 Å². The van der Waals surface area contributed by atoms with Crippen LogP contribution in [0.15, 0.2) is 23.2 Å². The van der Waals surface area contributed by atoms with Crippen LogP contribution in [0, 0.1) is 5.82 Å². The summed E-state index contributed by atoms with van der Waals surface area (Å²) in [7, 11) is 0. The van der Waals surface area contributed by atoms with Gasteiger partial charge in [-0.15, -0.1) is 0 Å². The molecule has 0 saturated heterocycles. The van der Waals surface area contributed by atoms with Crippen molar-refractivity contribution in [1.82, 2.24) is 0 Å². The highest BCUT2D eigenvalue weighted by atomic mass is 19.4. The summed E-state index contributed by atoms with van der Waals surface area (Å²) in [5, 5.41) is 0. The van der Waals surface area contributed by atoms with E-state index in [1.165, 1.54) is 0 Å². The second-order valence-electron chi connectivity index (χ2n) is 3.05. The van der Waals surface area contributed by atoms with Gasteiger partial charge in [-0.3, -0.25) is 4.99 Å². The Bertz CT molecular complexity index is 410. The van der Waals surface area contributed by atoms with Gasteiger partial charge in [0, 0.05) is 12.1 Å². The van der Waals surface area contributed by atoms with Crippen LogP contribution in [-0.4, -0.2) is 12.4 Å². The second kappa shape index (κ2) is 4.51. The van der Waals surface area contributed by atoms with Crippen LogP contribution in [0.1, 0.15) is 18.1 Å². The van der Waals surface area contributed by atoms with Gasteiger partial charge in [0.15, 0.2) is 0 Å². The minimum atomic E-state index is -4.57. The lowest BCUT2D eigenvalue weighted by atomic mass is 10.1. The number of nitrogens with zero attached hydrogens (tertiary/aromatic N) is 1. The van der Waals surface area contributed by atoms with Gasteiger partial charge in [0.2, 0.25) is 0 Å². The number of halogens is 4. The average molecular weight is 234 g/mol. The number of aliphatic imine (C=N–C) groups is 1. The van der Waals surface area contributed by atoms with E-state index in [1.54, 1.807) is 6.92 Å². The first-order valence-electron chi connectivity index (χ1n) is 4.53. The Balaban J connectivity index is 3.35. The third-order valence-electron chi connectivity index (χ3n) is 1.89. The number of nitrogens with two attached hydrogens (primary N) is 1. The summed E-state index contributed by atoms with van der Waals surface area (Å²) < 4.78 is 50.5. The van der Waals surface area contributed by atoms with Crippen LogP contribution in [-0.2, 0) is 6.18 Å². The summed E-state index contributed by atoms with van der Waals surface area (Å²) in [6.07, 6.45) is -4.57. The fourth-order valence-corrected chi connectivity index (χ4v) is 1.23. The zero-order valence-corrected chi connectivity index (χ0v) is 8.48. The lowest BCUT2D eigenvalue weighted by Crippen LogP contribution is -2.20. The third-order valence-corrected chi connectivity index (χ3v) is 1.89. The summed E-state index contributed by atoms with van der Waals surface area (Å²) in [5.41, 5.74) is 3.95. The predicted octanol–water partition coefficient (Wildman–Crippen LogP) is 2.57. The zero-order chi connectivity index (χ0) is 12.3. The Hall–Kier alpha value is -1.59. The molecule has 0 heterocycles. The molecule has 0 atom stereocenters. The fourth-order valence-electron chi connectivity index (χ4n) is 1.23. The normalized spacial score (nSPS) is 12.9. The van der Waals surface area contributed by atoms with Crippen molar-refractivity contribution in [1.29, 1.82) is 0 Å². The molecule has 16 heavy (non-hydrogen) atoms. The summed E-state index contributed by atoms with van der Waals surface area (Å²) in [5.74, 6) is -1.09. The molecule has 0 saturated carbocycles. The molecule has 0 aliphatic carbocycles. The van der Waals surface area contributed by atoms with Crippen LogP contribution in [0.2, 0.25) is 0 Å². The quantitative estimate of drug-likeness (QED) is 0.476. The average Bonchev–Trinajstić information content (AvgIpc) is 2.16. The Labute approximate surface area is 89.8 Å². The summed E-state index contributed by atoms with van der Waals surface area (Å²) in [4.78, 5) is 3.64. The van der Waals surface area contributed by atoms with E-state index in [9.17, 15) is 17.6 Å². The monoisotopic (exact) mass is 234 g/mol. The van der Waals surface area contributed by atoms with Crippen molar-refractivity contribution in [2.45, 2.75) is 13.1 Å². The highest BCUT2D eigenvalue weighted by Crippen LogP contribution is 2.32. The van der Waals surface area contributed by atoms with E-state index in [4.69, 9.17) is 5.73 Å². The SMILES string of the molecule is CCN=C(N)c1cc(F)ccc1C(F)(F)F. The Morgan fingerprint density at radius 2 is 2.00 bits per heavy atom. The predicted molar refractivity (Wildman–Crippen MR) is 52.7 cm³/mol. The molecule has 88 valence electrons. The molecular formula is C10H10F4N2.